The van der Waals surface area contributed by atoms with E-state index in [-0.39, 0.29) is 0 Å². The minimum absolute atomic E-state index is 0.746. The number of anilines is 1. The summed E-state index contributed by atoms with van der Waals surface area (Å²) in [6.07, 6.45) is 3.31. The molecule has 3 aromatic rings. The summed E-state index contributed by atoms with van der Waals surface area (Å²) in [7, 11) is 0. The van der Waals surface area contributed by atoms with E-state index in [4.69, 9.17) is 5.73 Å². The molecule has 0 atom stereocenters. The molecular formula is C11H8N4S2. The summed E-state index contributed by atoms with van der Waals surface area (Å²) in [6, 6.07) is 7.80. The number of nitrogens with zero attached hydrogens (tertiary/aromatic N) is 3. The molecule has 2 heterocycles. The van der Waals surface area contributed by atoms with E-state index in [0.717, 1.165) is 25.8 Å². The quantitative estimate of drug-likeness (QED) is 0.718. The molecule has 84 valence electrons. The Morgan fingerprint density at radius 2 is 2.12 bits per heavy atom. The molecule has 0 radical (unpaired) electrons. The predicted octanol–water partition coefficient (Wildman–Crippen LogP) is 2.82. The Balaban J connectivity index is 2.09. The third-order valence-electron chi connectivity index (χ3n) is 2.33. The van der Waals surface area contributed by atoms with Gasteiger partial charge in [0, 0.05) is 16.5 Å². The van der Waals surface area contributed by atoms with Crippen LogP contribution >= 0.6 is 23.3 Å². The number of pyridine rings is 1. The Hall–Kier alpha value is -1.66. The van der Waals surface area contributed by atoms with Gasteiger partial charge in [-0.15, -0.1) is 0 Å². The van der Waals surface area contributed by atoms with Crippen LogP contribution in [0.25, 0.3) is 10.9 Å². The number of hydrogen-bond donors (Lipinski definition) is 1. The topological polar surface area (TPSA) is 64.7 Å². The number of aromatic nitrogens is 3. The first-order chi connectivity index (χ1) is 8.34. The van der Waals surface area contributed by atoms with Crippen LogP contribution in [0.2, 0.25) is 0 Å². The van der Waals surface area contributed by atoms with Gasteiger partial charge in [0.25, 0.3) is 0 Å². The van der Waals surface area contributed by atoms with Gasteiger partial charge in [-0.3, -0.25) is 4.98 Å². The molecule has 0 aliphatic heterocycles. The van der Waals surface area contributed by atoms with Crippen LogP contribution in [0.1, 0.15) is 0 Å². The van der Waals surface area contributed by atoms with Crippen LogP contribution in [0.15, 0.2) is 46.0 Å². The van der Waals surface area contributed by atoms with Gasteiger partial charge in [-0.05, 0) is 35.8 Å². The second-order valence-electron chi connectivity index (χ2n) is 3.36. The molecule has 6 heteroatoms. The summed E-state index contributed by atoms with van der Waals surface area (Å²) in [5.74, 6) is 0. The molecular weight excluding hydrogens is 252 g/mol. The molecule has 17 heavy (non-hydrogen) atoms. The lowest BCUT2D eigenvalue weighted by atomic mass is 10.2. The van der Waals surface area contributed by atoms with E-state index in [1.165, 1.54) is 23.3 Å². The summed E-state index contributed by atoms with van der Waals surface area (Å²) in [4.78, 5) is 9.39. The molecule has 2 aromatic heterocycles. The maximum atomic E-state index is 6.13. The van der Waals surface area contributed by atoms with Crippen molar-refractivity contribution in [3.63, 3.8) is 0 Å². The van der Waals surface area contributed by atoms with Gasteiger partial charge in [-0.1, -0.05) is 11.8 Å². The number of hydrogen-bond acceptors (Lipinski definition) is 6. The molecule has 4 nitrogen and oxygen atoms in total. The van der Waals surface area contributed by atoms with Crippen molar-refractivity contribution in [2.75, 3.05) is 5.73 Å². The van der Waals surface area contributed by atoms with Crippen molar-refractivity contribution in [3.05, 3.63) is 36.8 Å². The molecule has 0 unspecified atom stereocenters. The molecule has 2 N–H and O–H groups in total. The summed E-state index contributed by atoms with van der Waals surface area (Å²) >= 11 is 2.89. The first kappa shape index (κ1) is 10.5. The van der Waals surface area contributed by atoms with Crippen molar-refractivity contribution in [1.82, 2.24) is 14.3 Å². The maximum absolute atomic E-state index is 6.13. The number of benzene rings is 1. The highest BCUT2D eigenvalue weighted by atomic mass is 32.2. The van der Waals surface area contributed by atoms with E-state index < -0.39 is 0 Å². The van der Waals surface area contributed by atoms with Gasteiger partial charge in [-0.25, -0.2) is 4.98 Å². The lowest BCUT2D eigenvalue weighted by molar-refractivity contribution is 1.21. The van der Waals surface area contributed by atoms with Crippen molar-refractivity contribution < 1.29 is 0 Å². The minimum atomic E-state index is 0.746. The van der Waals surface area contributed by atoms with Crippen LogP contribution in [0.4, 0.5) is 5.69 Å². The summed E-state index contributed by atoms with van der Waals surface area (Å²) in [6.45, 7) is 0. The zero-order valence-corrected chi connectivity index (χ0v) is 10.3. The zero-order chi connectivity index (χ0) is 11.7. The Kier molecular flexibility index (Phi) is 2.66. The highest BCUT2D eigenvalue weighted by Crippen LogP contribution is 2.35. The van der Waals surface area contributed by atoms with E-state index >= 15 is 0 Å². The normalized spacial score (nSPS) is 10.8. The summed E-state index contributed by atoms with van der Waals surface area (Å²) in [5.41, 5.74) is 7.79. The SMILES string of the molecule is Nc1c(Sc2ncns2)ccc2ncccc12. The minimum Gasteiger partial charge on any atom is -0.397 e. The molecule has 0 amide bonds. The van der Waals surface area contributed by atoms with Gasteiger partial charge >= 0.3 is 0 Å². The third-order valence-corrected chi connectivity index (χ3v) is 4.12. The number of nitrogen functional groups attached to an aromatic ring is 1. The molecule has 0 fully saturated rings. The van der Waals surface area contributed by atoms with Gasteiger partial charge < -0.3 is 5.73 Å². The maximum Gasteiger partial charge on any atom is 0.174 e. The van der Waals surface area contributed by atoms with Crippen molar-refractivity contribution >= 4 is 39.9 Å². The molecule has 0 bridgehead atoms. The third kappa shape index (κ3) is 1.96. The van der Waals surface area contributed by atoms with Crippen molar-refractivity contribution in [1.29, 1.82) is 0 Å². The van der Waals surface area contributed by atoms with Gasteiger partial charge in [0.1, 0.15) is 6.33 Å². The fraction of sp³-hybridized carbons (Fsp3) is 0. The molecule has 1 aromatic carbocycles. The fourth-order valence-electron chi connectivity index (χ4n) is 1.55. The van der Waals surface area contributed by atoms with E-state index in [0.29, 0.717) is 0 Å². The summed E-state index contributed by atoms with van der Waals surface area (Å²) < 4.78 is 4.86. The smallest absolute Gasteiger partial charge is 0.174 e. The molecule has 0 saturated carbocycles. The van der Waals surface area contributed by atoms with Crippen LogP contribution in [0.5, 0.6) is 0 Å². The lowest BCUT2D eigenvalue weighted by Crippen LogP contribution is -1.91. The molecule has 0 aliphatic carbocycles. The molecule has 3 rings (SSSR count). The average molecular weight is 260 g/mol. The van der Waals surface area contributed by atoms with Crippen LogP contribution in [-0.4, -0.2) is 14.3 Å². The van der Waals surface area contributed by atoms with E-state index in [1.54, 1.807) is 12.5 Å². The first-order valence-corrected chi connectivity index (χ1v) is 6.51. The number of rotatable bonds is 2. The van der Waals surface area contributed by atoms with Crippen LogP contribution in [0, 0.1) is 0 Å². The van der Waals surface area contributed by atoms with Gasteiger partial charge in [-0.2, -0.15) is 4.37 Å². The predicted molar refractivity (Wildman–Crippen MR) is 70.2 cm³/mol. The fourth-order valence-corrected chi connectivity index (χ4v) is 3.02. The standard InChI is InChI=1S/C11H8N4S2/c12-10-7-2-1-5-13-8(7)3-4-9(10)16-11-14-6-15-17-11/h1-6H,12H2. The Morgan fingerprint density at radius 1 is 1.18 bits per heavy atom. The van der Waals surface area contributed by atoms with E-state index in [1.807, 2.05) is 24.3 Å². The van der Waals surface area contributed by atoms with Crippen molar-refractivity contribution in [2.24, 2.45) is 0 Å². The number of nitrogens with two attached hydrogens (primary N) is 1. The van der Waals surface area contributed by atoms with Crippen molar-refractivity contribution in [2.45, 2.75) is 9.24 Å². The average Bonchev–Trinajstić information content (AvgIpc) is 2.86. The second-order valence-corrected chi connectivity index (χ2v) is 5.43. The highest BCUT2D eigenvalue weighted by Gasteiger charge is 2.08. The Morgan fingerprint density at radius 3 is 2.94 bits per heavy atom. The highest BCUT2D eigenvalue weighted by molar-refractivity contribution is 8.01. The van der Waals surface area contributed by atoms with E-state index in [9.17, 15) is 0 Å². The first-order valence-electron chi connectivity index (χ1n) is 4.92. The summed E-state index contributed by atoms with van der Waals surface area (Å²) in [5, 5.41) is 0.974. The molecule has 0 spiro atoms. The molecule has 0 saturated heterocycles. The van der Waals surface area contributed by atoms with Crippen molar-refractivity contribution in [3.8, 4) is 0 Å². The Bertz CT molecular complexity index is 652. The van der Waals surface area contributed by atoms with Gasteiger partial charge in [0.15, 0.2) is 4.34 Å². The van der Waals surface area contributed by atoms with Crippen LogP contribution in [-0.2, 0) is 0 Å². The van der Waals surface area contributed by atoms with Crippen LogP contribution < -0.4 is 5.73 Å². The Labute approximate surface area is 106 Å². The second kappa shape index (κ2) is 4.31. The van der Waals surface area contributed by atoms with Crippen LogP contribution in [0.3, 0.4) is 0 Å². The van der Waals surface area contributed by atoms with E-state index in [2.05, 4.69) is 14.3 Å². The van der Waals surface area contributed by atoms with Gasteiger partial charge in [0.05, 0.1) is 11.2 Å². The largest absolute Gasteiger partial charge is 0.397 e. The van der Waals surface area contributed by atoms with Gasteiger partial charge in [0.2, 0.25) is 0 Å². The monoisotopic (exact) mass is 260 g/mol. The molecule has 0 aliphatic rings. The number of fused-ring (bicyclic) bond motifs is 1. The lowest BCUT2D eigenvalue weighted by Gasteiger charge is -2.06. The zero-order valence-electron chi connectivity index (χ0n) is 8.70.